The first-order chi connectivity index (χ1) is 36.8. The normalized spacial score (nSPS) is 12.7. The van der Waals surface area contributed by atoms with Crippen molar-refractivity contribution in [2.45, 2.75) is 76.3 Å². The van der Waals surface area contributed by atoms with E-state index in [1.807, 2.05) is 85.1 Å². The number of ether oxygens (including phenoxy) is 2. The van der Waals surface area contributed by atoms with Crippen molar-refractivity contribution in [3.05, 3.63) is 141 Å². The van der Waals surface area contributed by atoms with Gasteiger partial charge < -0.3 is 29.0 Å². The Morgan fingerprint density at radius 3 is 1.82 bits per heavy atom. The van der Waals surface area contributed by atoms with Crippen LogP contribution in [-0.4, -0.2) is 37.6 Å². The van der Waals surface area contributed by atoms with Crippen molar-refractivity contribution in [3.63, 3.8) is 0 Å². The van der Waals surface area contributed by atoms with E-state index in [-0.39, 0.29) is 44.3 Å². The Morgan fingerprint density at radius 2 is 1.22 bits per heavy atom. The summed E-state index contributed by atoms with van der Waals surface area (Å²) in [7, 11) is -3.91. The van der Waals surface area contributed by atoms with Gasteiger partial charge in [0.25, 0.3) is 10.0 Å². The van der Waals surface area contributed by atoms with Crippen molar-refractivity contribution in [2.24, 2.45) is 9.98 Å². The van der Waals surface area contributed by atoms with Crippen molar-refractivity contribution in [1.29, 1.82) is 0 Å². The minimum Gasteiger partial charge on any atom is -0.479 e. The van der Waals surface area contributed by atoms with Crippen LogP contribution in [0.5, 0.6) is 29.0 Å². The number of sulfonamides is 1. The summed E-state index contributed by atoms with van der Waals surface area (Å²) in [5, 5.41) is 17.5. The SMILES string of the molecule is CCC(CC)c1nc(O)nc(Nc2ccc(NOOSc3ccc4c5c6c(ccc5n(CC)c4c3)N=c3c(Cl)c4c(c(Cl)c3O6)=Nc3ccc5c(c3O4)c3ccc(S(=O)(=O)Nc4ccc(C)cc4)cc3n5CC)cc2)n1. The first-order valence-electron chi connectivity index (χ1n) is 24.5. The number of nitrogens with zero attached hydrogens (tertiary/aromatic N) is 7. The summed E-state index contributed by atoms with van der Waals surface area (Å²) in [6.45, 7) is 11.3. The van der Waals surface area contributed by atoms with E-state index < -0.39 is 10.0 Å². The highest BCUT2D eigenvalue weighted by molar-refractivity contribution is 7.94. The van der Waals surface area contributed by atoms with Gasteiger partial charge in [-0.1, -0.05) is 66.9 Å². The zero-order valence-corrected chi connectivity index (χ0v) is 44.5. The molecule has 10 aromatic rings. The van der Waals surface area contributed by atoms with E-state index in [4.69, 9.17) is 52.0 Å². The van der Waals surface area contributed by atoms with Gasteiger partial charge in [0.2, 0.25) is 5.95 Å². The van der Waals surface area contributed by atoms with E-state index >= 15 is 0 Å². The van der Waals surface area contributed by atoms with Crippen LogP contribution in [-0.2, 0) is 32.4 Å². The van der Waals surface area contributed by atoms with Gasteiger partial charge in [0.1, 0.15) is 38.0 Å². The predicted molar refractivity (Wildman–Crippen MR) is 297 cm³/mol. The van der Waals surface area contributed by atoms with E-state index in [1.165, 1.54) is 0 Å². The zero-order chi connectivity index (χ0) is 52.6. The summed E-state index contributed by atoms with van der Waals surface area (Å²) in [6.07, 6.45) is 1.70. The first kappa shape index (κ1) is 49.2. The van der Waals surface area contributed by atoms with Gasteiger partial charge in [-0.25, -0.2) is 23.9 Å². The standard InChI is InChI=1S/C55H46Cl2N10O7S2/c1-6-29(7-2)53-61-54(63-55(68)62-53)58-30-14-16-31(17-15-30)64-73-74-75-33-18-20-35-41(26-33)66(8-3)39-24-22-37-49(43(35)39)71-51-45(56)48-52(46(57)47(51)59-37)72-50-38(60-48)23-25-40-44(50)36-21-19-34(27-42(36)67(40)9-4)76(69,70)65-32-12-10-28(5)11-13-32/h10-27,29,64-65H,6-9H2,1-5H3,(H2,58,61,62,63,68). The second-order valence-electron chi connectivity index (χ2n) is 18.2. The highest BCUT2D eigenvalue weighted by Gasteiger charge is 2.31. The molecule has 0 fully saturated rings. The molecular weight excluding hydrogens is 1050 g/mol. The number of hydrogen-bond acceptors (Lipinski definition) is 15. The van der Waals surface area contributed by atoms with Crippen LogP contribution in [0, 0.1) is 6.92 Å². The molecule has 0 saturated heterocycles. The Labute approximate surface area is 449 Å². The molecule has 0 saturated carbocycles. The molecule has 21 heteroatoms. The Kier molecular flexibility index (Phi) is 12.6. The Hall–Kier alpha value is -7.65. The molecule has 4 N–H and O–H groups in total. The fourth-order valence-electron chi connectivity index (χ4n) is 9.96. The van der Waals surface area contributed by atoms with Crippen molar-refractivity contribution in [1.82, 2.24) is 24.1 Å². The number of aryl methyl sites for hydroxylation is 3. The average Bonchev–Trinajstić information content (AvgIpc) is 3.98. The number of rotatable bonds is 15. The molecule has 0 radical (unpaired) electrons. The largest absolute Gasteiger partial charge is 0.479 e. The smallest absolute Gasteiger partial charge is 0.318 e. The van der Waals surface area contributed by atoms with Crippen LogP contribution in [0.3, 0.4) is 0 Å². The van der Waals surface area contributed by atoms with Crippen molar-refractivity contribution in [2.75, 3.05) is 15.5 Å². The molecule has 384 valence electrons. The number of nitrogens with one attached hydrogen (secondary N) is 3. The number of benzene rings is 7. The highest BCUT2D eigenvalue weighted by atomic mass is 35.5. The third kappa shape index (κ3) is 8.52. The van der Waals surface area contributed by atoms with Gasteiger partial charge >= 0.3 is 6.01 Å². The lowest BCUT2D eigenvalue weighted by molar-refractivity contribution is -0.161. The summed E-state index contributed by atoms with van der Waals surface area (Å²) in [5.74, 6) is 2.38. The van der Waals surface area contributed by atoms with Crippen LogP contribution in [0.25, 0.3) is 43.6 Å². The third-order valence-corrected chi connectivity index (χ3v) is 16.4. The molecule has 5 heterocycles. The zero-order valence-electron chi connectivity index (χ0n) is 41.4. The number of aromatic hydroxyl groups is 1. The van der Waals surface area contributed by atoms with Crippen LogP contribution in [0.2, 0.25) is 10.0 Å². The van der Waals surface area contributed by atoms with Crippen LogP contribution in [0.4, 0.5) is 34.4 Å². The highest BCUT2D eigenvalue weighted by Crippen LogP contribution is 2.50. The molecule has 0 atom stereocenters. The van der Waals surface area contributed by atoms with Gasteiger partial charge in [-0.2, -0.15) is 15.0 Å². The molecule has 2 aliphatic heterocycles. The molecule has 3 aromatic heterocycles. The molecular formula is C55H46Cl2N10O7S2. The number of fused-ring (bicyclic) bond motifs is 12. The summed E-state index contributed by atoms with van der Waals surface area (Å²) in [6, 6.07) is 32.8. The minimum atomic E-state index is -3.91. The number of halogens is 2. The summed E-state index contributed by atoms with van der Waals surface area (Å²) in [5.41, 5.74) is 10.1. The maximum atomic E-state index is 13.6. The first-order valence-corrected chi connectivity index (χ1v) is 27.5. The molecule has 0 amide bonds. The van der Waals surface area contributed by atoms with E-state index in [0.717, 1.165) is 73.4 Å². The Morgan fingerprint density at radius 1 is 0.658 bits per heavy atom. The second kappa shape index (κ2) is 19.5. The lowest BCUT2D eigenvalue weighted by Crippen LogP contribution is -2.22. The van der Waals surface area contributed by atoms with Gasteiger partial charge in [-0.15, -0.1) is 9.32 Å². The lowest BCUT2D eigenvalue weighted by Gasteiger charge is -2.22. The molecule has 7 aromatic carbocycles. The topological polar surface area (TPSA) is 201 Å². The molecule has 0 unspecified atom stereocenters. The molecule has 0 aliphatic carbocycles. The fraction of sp³-hybridized carbons (Fsp3) is 0.182. The Balaban J connectivity index is 0.800. The second-order valence-corrected chi connectivity index (χ2v) is 21.4. The minimum absolute atomic E-state index is 0.120. The van der Waals surface area contributed by atoms with Crippen LogP contribution >= 0.6 is 35.2 Å². The summed E-state index contributed by atoms with van der Waals surface area (Å²) in [4.78, 5) is 29.0. The predicted octanol–water partition coefficient (Wildman–Crippen LogP) is 14.0. The van der Waals surface area contributed by atoms with Crippen molar-refractivity contribution >= 4 is 123 Å². The molecule has 2 aliphatic rings. The van der Waals surface area contributed by atoms with Crippen molar-refractivity contribution < 1.29 is 32.3 Å². The van der Waals surface area contributed by atoms with Crippen LogP contribution in [0.1, 0.15) is 57.8 Å². The van der Waals surface area contributed by atoms with Gasteiger partial charge in [0, 0.05) is 46.1 Å². The average molecular weight is 1090 g/mol. The molecule has 76 heavy (non-hydrogen) atoms. The fourth-order valence-corrected chi connectivity index (χ4v) is 12.0. The maximum Gasteiger partial charge on any atom is 0.318 e. The summed E-state index contributed by atoms with van der Waals surface area (Å²) >= 11 is 15.6. The number of anilines is 4. The maximum absolute atomic E-state index is 13.6. The lowest BCUT2D eigenvalue weighted by atomic mass is 10.0. The molecule has 17 nitrogen and oxygen atoms in total. The van der Waals surface area contributed by atoms with Gasteiger partial charge in [-0.3, -0.25) is 4.72 Å². The van der Waals surface area contributed by atoms with E-state index in [2.05, 4.69) is 55.8 Å². The monoisotopic (exact) mass is 1090 g/mol. The van der Waals surface area contributed by atoms with E-state index in [9.17, 15) is 13.5 Å². The van der Waals surface area contributed by atoms with Crippen molar-refractivity contribution in [3.8, 4) is 29.0 Å². The van der Waals surface area contributed by atoms with E-state index in [1.54, 1.807) is 42.5 Å². The van der Waals surface area contributed by atoms with Crippen LogP contribution in [0.15, 0.2) is 129 Å². The quantitative estimate of drug-likeness (QED) is 0.0327. The van der Waals surface area contributed by atoms with Gasteiger partial charge in [0.15, 0.2) is 23.0 Å². The Bertz CT molecular complexity index is 4270. The molecule has 12 rings (SSSR count). The number of aromatic nitrogens is 5. The number of hydrogen-bond donors (Lipinski definition) is 4. The van der Waals surface area contributed by atoms with E-state index in [0.29, 0.717) is 75.1 Å². The molecule has 0 bridgehead atoms. The third-order valence-electron chi connectivity index (χ3n) is 13.7. The summed E-state index contributed by atoms with van der Waals surface area (Å²) < 4.78 is 53.3. The van der Waals surface area contributed by atoms with Gasteiger partial charge in [0.05, 0.1) is 55.5 Å². The van der Waals surface area contributed by atoms with Gasteiger partial charge in [-0.05, 0) is 119 Å². The molecule has 0 spiro atoms. The van der Waals surface area contributed by atoms with Crippen LogP contribution < -0.4 is 35.7 Å².